The van der Waals surface area contributed by atoms with Gasteiger partial charge in [-0.05, 0) is 150 Å². The van der Waals surface area contributed by atoms with Gasteiger partial charge in [-0.25, -0.2) is 4.98 Å². The lowest BCUT2D eigenvalue weighted by Crippen LogP contribution is -2.26. The number of pyridine rings is 1. The van der Waals surface area contributed by atoms with E-state index in [9.17, 15) is 0 Å². The Morgan fingerprint density at radius 3 is 1.60 bits per heavy atom. The van der Waals surface area contributed by atoms with Gasteiger partial charge in [-0.2, -0.15) is 0 Å². The maximum atomic E-state index is 7.64. The predicted molar refractivity (Wildman–Crippen MR) is 354 cm³/mol. The zero-order valence-corrected chi connectivity index (χ0v) is 52.5. The fraction of sp³-hybridized carbons (Fsp3) is 0.321. The minimum Gasteiger partial charge on any atom is -0.457 e. The van der Waals surface area contributed by atoms with Gasteiger partial charge in [0.2, 0.25) is 0 Å². The molecule has 83 heavy (non-hydrogen) atoms. The number of benzene rings is 8. The highest BCUT2D eigenvalue weighted by Gasteiger charge is 2.35. The first-order valence-electron chi connectivity index (χ1n) is 30.2. The molecular weight excluding hydrogens is 1010 g/mol. The van der Waals surface area contributed by atoms with E-state index in [0.29, 0.717) is 6.67 Å². The van der Waals surface area contributed by atoms with Crippen LogP contribution in [0.4, 0.5) is 22.7 Å². The number of hydrogen-bond acceptors (Lipinski definition) is 4. The number of rotatable bonds is 12. The van der Waals surface area contributed by atoms with Crippen molar-refractivity contribution in [1.82, 2.24) is 9.55 Å². The Kier molecular flexibility index (Phi) is 14.5. The molecule has 0 radical (unpaired) electrons. The van der Waals surface area contributed by atoms with Crippen LogP contribution in [-0.2, 0) is 27.1 Å². The van der Waals surface area contributed by atoms with E-state index >= 15 is 0 Å². The van der Waals surface area contributed by atoms with Gasteiger partial charge in [-0.3, -0.25) is 4.57 Å². The van der Waals surface area contributed by atoms with Gasteiger partial charge in [0.25, 0.3) is 0 Å². The van der Waals surface area contributed by atoms with Crippen LogP contribution in [0, 0.1) is 0 Å². The van der Waals surface area contributed by atoms with Crippen LogP contribution in [0.2, 0.25) is 0 Å². The minimum atomic E-state index is -0.419. The molecule has 0 bridgehead atoms. The Morgan fingerprint density at radius 2 is 0.976 bits per heavy atom. The Labute approximate surface area is 496 Å². The molecule has 0 N–H and O–H groups in total. The maximum Gasteiger partial charge on any atom is 0.137 e. The van der Waals surface area contributed by atoms with Crippen LogP contribution in [0.15, 0.2) is 188 Å². The fourth-order valence-electron chi connectivity index (χ4n) is 12.6. The summed E-state index contributed by atoms with van der Waals surface area (Å²) in [5, 5.41) is 2.38. The standard InChI is InChI=1S/C78H86N4O/c1-50(2)63-32-26-33-64(51(3)4)72(63)52-39-59(81-49-80(68-36-35-55(44-69(68)81)74(5,6)7)60-42-57(76(11,12)13)41-58(43-60)77(14,15)53-27-20-18-21-28-53)46-61(40-52)83-62-47-66(78(16,17)54-29-22-19-23-30-54)73-65-31-24-25-34-67(65)82(70(73)48-62)71-45-56(37-38-79-71)75(8,9)10/h18-48,50-51H,49H2,1-17H3. The highest BCUT2D eigenvalue weighted by atomic mass is 16.5. The minimum absolute atomic E-state index is 0.0720. The number of ether oxygens (including phenoxy) is 1. The molecule has 5 nitrogen and oxygen atoms in total. The molecule has 3 heterocycles. The van der Waals surface area contributed by atoms with E-state index in [1.54, 1.807) is 0 Å². The molecule has 5 heteroatoms. The zero-order chi connectivity index (χ0) is 59.1. The van der Waals surface area contributed by atoms with Gasteiger partial charge in [0, 0.05) is 51.3 Å². The summed E-state index contributed by atoms with van der Waals surface area (Å²) in [6.45, 7) is 40.1. The van der Waals surface area contributed by atoms with Crippen LogP contribution < -0.4 is 14.5 Å². The summed E-state index contributed by atoms with van der Waals surface area (Å²) < 4.78 is 10.00. The van der Waals surface area contributed by atoms with Crippen LogP contribution in [0.5, 0.6) is 11.5 Å². The Bertz CT molecular complexity index is 4020. The second-order valence-electron chi connectivity index (χ2n) is 28.3. The fourth-order valence-corrected chi connectivity index (χ4v) is 12.6. The zero-order valence-electron chi connectivity index (χ0n) is 52.5. The van der Waals surface area contributed by atoms with Crippen LogP contribution in [-0.4, -0.2) is 16.2 Å². The number of anilines is 4. The average molecular weight is 1100 g/mol. The van der Waals surface area contributed by atoms with E-state index in [1.807, 2.05) is 6.20 Å². The van der Waals surface area contributed by atoms with E-state index in [2.05, 4.69) is 314 Å². The second-order valence-corrected chi connectivity index (χ2v) is 28.3. The first kappa shape index (κ1) is 56.9. The molecule has 0 saturated heterocycles. The van der Waals surface area contributed by atoms with Crippen molar-refractivity contribution in [1.29, 1.82) is 0 Å². The summed E-state index contributed by atoms with van der Waals surface area (Å²) in [5.41, 5.74) is 19.8. The van der Waals surface area contributed by atoms with Gasteiger partial charge in [-0.1, -0.05) is 227 Å². The molecule has 11 rings (SSSR count). The summed E-state index contributed by atoms with van der Waals surface area (Å²) in [6.07, 6.45) is 1.97. The molecule has 2 aromatic heterocycles. The number of nitrogens with zero attached hydrogens (tertiary/aromatic N) is 4. The molecule has 0 unspecified atom stereocenters. The Hall–Kier alpha value is -7.89. The van der Waals surface area contributed by atoms with E-state index in [0.717, 1.165) is 39.6 Å². The first-order valence-corrected chi connectivity index (χ1v) is 30.2. The van der Waals surface area contributed by atoms with Gasteiger partial charge < -0.3 is 14.5 Å². The van der Waals surface area contributed by atoms with Crippen LogP contribution >= 0.6 is 0 Å². The van der Waals surface area contributed by atoms with Crippen molar-refractivity contribution in [3.05, 3.63) is 238 Å². The van der Waals surface area contributed by atoms with Crippen molar-refractivity contribution in [3.8, 4) is 28.4 Å². The second kappa shape index (κ2) is 21.1. The first-order chi connectivity index (χ1) is 39.2. The maximum absolute atomic E-state index is 7.64. The summed E-state index contributed by atoms with van der Waals surface area (Å²) >= 11 is 0. The number of para-hydroxylation sites is 1. The molecule has 0 aliphatic carbocycles. The molecule has 8 aromatic carbocycles. The Morgan fingerprint density at radius 1 is 0.422 bits per heavy atom. The van der Waals surface area contributed by atoms with Crippen molar-refractivity contribution in [2.45, 2.75) is 157 Å². The third kappa shape index (κ3) is 10.7. The molecule has 1 aliphatic rings. The normalized spacial score (nSPS) is 13.5. The smallest absolute Gasteiger partial charge is 0.137 e. The van der Waals surface area contributed by atoms with Crippen LogP contribution in [0.25, 0.3) is 38.8 Å². The van der Waals surface area contributed by atoms with Crippen molar-refractivity contribution < 1.29 is 4.74 Å². The van der Waals surface area contributed by atoms with E-state index in [-0.39, 0.29) is 33.5 Å². The van der Waals surface area contributed by atoms with E-state index in [1.165, 1.54) is 83.5 Å². The topological polar surface area (TPSA) is 33.5 Å². The van der Waals surface area contributed by atoms with Crippen molar-refractivity contribution in [2.75, 3.05) is 16.5 Å². The molecule has 0 saturated carbocycles. The predicted octanol–water partition coefficient (Wildman–Crippen LogP) is 21.7. The molecule has 0 amide bonds. The lowest BCUT2D eigenvalue weighted by Gasteiger charge is -2.32. The van der Waals surface area contributed by atoms with Gasteiger partial charge in [-0.15, -0.1) is 0 Å². The number of fused-ring (bicyclic) bond motifs is 4. The van der Waals surface area contributed by atoms with Crippen molar-refractivity contribution in [3.63, 3.8) is 0 Å². The summed E-state index contributed by atoms with van der Waals surface area (Å²) in [4.78, 5) is 10.2. The summed E-state index contributed by atoms with van der Waals surface area (Å²) in [7, 11) is 0. The van der Waals surface area contributed by atoms with Crippen molar-refractivity contribution in [2.24, 2.45) is 0 Å². The molecule has 0 atom stereocenters. The Balaban J connectivity index is 1.16. The molecular formula is C78H86N4O. The SMILES string of the molecule is CC(C)c1cccc(C(C)C)c1-c1cc(Oc2cc(C(C)(C)c3ccccc3)c3c4ccccc4n(-c4cc(C(C)(C)C)ccn4)c3c2)cc(N2CN(c3cc(C(C)(C)C)cc(C(C)(C)c4ccccc4)c3)c3ccc(C(C)(C)C)cc32)c1. The van der Waals surface area contributed by atoms with Gasteiger partial charge in [0.05, 0.1) is 22.4 Å². The van der Waals surface area contributed by atoms with Crippen LogP contribution in [0.1, 0.15) is 180 Å². The lowest BCUT2D eigenvalue weighted by molar-refractivity contribution is 0.481. The molecule has 1 aliphatic heterocycles. The number of aromatic nitrogens is 2. The molecule has 424 valence electrons. The summed E-state index contributed by atoms with van der Waals surface area (Å²) in [5.74, 6) is 3.00. The third-order valence-corrected chi connectivity index (χ3v) is 17.9. The average Bonchev–Trinajstić information content (AvgIpc) is 2.71. The largest absolute Gasteiger partial charge is 0.457 e. The van der Waals surface area contributed by atoms with Crippen molar-refractivity contribution >= 4 is 44.6 Å². The van der Waals surface area contributed by atoms with Gasteiger partial charge in [0.15, 0.2) is 0 Å². The molecule has 10 aromatic rings. The lowest BCUT2D eigenvalue weighted by atomic mass is 9.75. The molecule has 0 spiro atoms. The molecule has 0 fully saturated rings. The van der Waals surface area contributed by atoms with Gasteiger partial charge in [0.1, 0.15) is 24.0 Å². The highest BCUT2D eigenvalue weighted by Crippen LogP contribution is 2.51. The highest BCUT2D eigenvalue weighted by molar-refractivity contribution is 6.12. The number of hydrogen-bond donors (Lipinski definition) is 0. The quantitative estimate of drug-likeness (QED) is 0.122. The van der Waals surface area contributed by atoms with Gasteiger partial charge >= 0.3 is 0 Å². The summed E-state index contributed by atoms with van der Waals surface area (Å²) in [6, 6.07) is 68.1. The van der Waals surface area contributed by atoms with E-state index in [4.69, 9.17) is 9.72 Å². The van der Waals surface area contributed by atoms with E-state index < -0.39 is 5.41 Å². The monoisotopic (exact) mass is 1090 g/mol. The third-order valence-electron chi connectivity index (χ3n) is 17.9. The van der Waals surface area contributed by atoms with Crippen LogP contribution in [0.3, 0.4) is 0 Å².